The number of benzene rings is 2. The fraction of sp³-hybridized carbons (Fsp3) is 0.400. The second-order valence-electron chi connectivity index (χ2n) is 8.73. The summed E-state index contributed by atoms with van der Waals surface area (Å²) in [5, 5.41) is 13.7. The van der Waals surface area contributed by atoms with Crippen LogP contribution in [0.5, 0.6) is 0 Å². The number of anilines is 1. The van der Waals surface area contributed by atoms with Crippen LogP contribution in [0.3, 0.4) is 0 Å². The number of hydrogen-bond donors (Lipinski definition) is 2. The van der Waals surface area contributed by atoms with E-state index in [4.69, 9.17) is 21.3 Å². The van der Waals surface area contributed by atoms with Crippen molar-refractivity contribution in [2.45, 2.75) is 51.6 Å². The number of fused-ring (bicyclic) bond motifs is 1. The summed E-state index contributed by atoms with van der Waals surface area (Å²) >= 11 is 6.43. The summed E-state index contributed by atoms with van der Waals surface area (Å²) in [5.41, 5.74) is 1.90. The molecule has 0 aliphatic carbocycles. The van der Waals surface area contributed by atoms with Gasteiger partial charge in [-0.25, -0.2) is 9.78 Å². The van der Waals surface area contributed by atoms with Crippen LogP contribution in [-0.4, -0.2) is 33.8 Å². The van der Waals surface area contributed by atoms with Gasteiger partial charge < -0.3 is 15.2 Å². The Bertz CT molecular complexity index is 1250. The summed E-state index contributed by atoms with van der Waals surface area (Å²) in [4.78, 5) is 30.3. The standard InChI is InChI=1S/C25H28ClN3O4/c1-14(2)29-23(16-8-10-33-11-9-16)28-22-19(12-17(26)13-20(22)24(29)30)15(3)27-21-7-5-4-6-18(21)25(31)32/h4-7,12-16,27H,8-11H2,1-3H3,(H,31,32)/t15-/m1/s1. The van der Waals surface area contributed by atoms with Gasteiger partial charge in [0, 0.05) is 41.4 Å². The summed E-state index contributed by atoms with van der Waals surface area (Å²) in [7, 11) is 0. The molecule has 1 saturated heterocycles. The lowest BCUT2D eigenvalue weighted by Crippen LogP contribution is -2.31. The van der Waals surface area contributed by atoms with Crippen molar-refractivity contribution in [3.63, 3.8) is 0 Å². The van der Waals surface area contributed by atoms with Crippen molar-refractivity contribution in [3.8, 4) is 0 Å². The molecule has 4 rings (SSSR count). The molecule has 2 N–H and O–H groups in total. The van der Waals surface area contributed by atoms with Gasteiger partial charge in [0.25, 0.3) is 5.56 Å². The fourth-order valence-corrected chi connectivity index (χ4v) is 4.72. The third-order valence-electron chi connectivity index (χ3n) is 6.13. The minimum absolute atomic E-state index is 0.0485. The number of carbonyl (C=O) groups is 1. The number of para-hydroxylation sites is 1. The van der Waals surface area contributed by atoms with Crippen LogP contribution in [-0.2, 0) is 4.74 Å². The normalized spacial score (nSPS) is 15.7. The number of carboxylic acid groups (broad SMARTS) is 1. The average molecular weight is 470 g/mol. The van der Waals surface area contributed by atoms with Gasteiger partial charge in [0.15, 0.2) is 0 Å². The molecule has 1 aliphatic heterocycles. The predicted octanol–water partition coefficient (Wildman–Crippen LogP) is 5.40. The Hall–Kier alpha value is -2.90. The molecule has 1 aromatic heterocycles. The first-order valence-electron chi connectivity index (χ1n) is 11.2. The summed E-state index contributed by atoms with van der Waals surface area (Å²) in [6.45, 7) is 7.17. The Labute approximate surface area is 197 Å². The van der Waals surface area contributed by atoms with E-state index in [0.29, 0.717) is 34.8 Å². The quantitative estimate of drug-likeness (QED) is 0.502. The van der Waals surface area contributed by atoms with Crippen LogP contribution >= 0.6 is 11.6 Å². The molecular weight excluding hydrogens is 442 g/mol. The maximum absolute atomic E-state index is 13.6. The molecule has 8 heteroatoms. The van der Waals surface area contributed by atoms with Crippen LogP contribution in [0.4, 0.5) is 5.69 Å². The first kappa shape index (κ1) is 23.3. The molecule has 1 aliphatic rings. The van der Waals surface area contributed by atoms with Crippen molar-refractivity contribution < 1.29 is 14.6 Å². The Morgan fingerprint density at radius 3 is 2.58 bits per heavy atom. The highest BCUT2D eigenvalue weighted by Gasteiger charge is 2.26. The first-order valence-corrected chi connectivity index (χ1v) is 11.6. The number of halogens is 1. The van der Waals surface area contributed by atoms with Crippen LogP contribution in [0, 0.1) is 0 Å². The highest BCUT2D eigenvalue weighted by atomic mass is 35.5. The van der Waals surface area contributed by atoms with Crippen molar-refractivity contribution in [2.75, 3.05) is 18.5 Å². The monoisotopic (exact) mass is 469 g/mol. The number of hydrogen-bond acceptors (Lipinski definition) is 5. The lowest BCUT2D eigenvalue weighted by Gasteiger charge is -2.27. The maximum Gasteiger partial charge on any atom is 0.337 e. The van der Waals surface area contributed by atoms with E-state index in [1.807, 2.05) is 20.8 Å². The molecule has 1 atom stereocenters. The van der Waals surface area contributed by atoms with E-state index in [9.17, 15) is 14.7 Å². The summed E-state index contributed by atoms with van der Waals surface area (Å²) in [6.07, 6.45) is 1.63. The Balaban J connectivity index is 1.87. The van der Waals surface area contributed by atoms with Gasteiger partial charge in [0.05, 0.1) is 22.5 Å². The molecular formula is C25H28ClN3O4. The highest BCUT2D eigenvalue weighted by molar-refractivity contribution is 6.31. The zero-order valence-corrected chi connectivity index (χ0v) is 19.7. The van der Waals surface area contributed by atoms with Crippen LogP contribution in [0.25, 0.3) is 10.9 Å². The van der Waals surface area contributed by atoms with Crippen molar-refractivity contribution in [2.24, 2.45) is 0 Å². The van der Waals surface area contributed by atoms with Crippen LogP contribution in [0.2, 0.25) is 5.02 Å². The number of aromatic nitrogens is 2. The molecule has 0 spiro atoms. The van der Waals surface area contributed by atoms with Crippen molar-refractivity contribution in [1.29, 1.82) is 0 Å². The molecule has 0 amide bonds. The molecule has 33 heavy (non-hydrogen) atoms. The second-order valence-corrected chi connectivity index (χ2v) is 9.17. The van der Waals surface area contributed by atoms with Crippen LogP contribution in [0.1, 0.15) is 73.4 Å². The van der Waals surface area contributed by atoms with Gasteiger partial charge in [-0.15, -0.1) is 0 Å². The predicted molar refractivity (Wildman–Crippen MR) is 130 cm³/mol. The first-order chi connectivity index (χ1) is 15.8. The zero-order chi connectivity index (χ0) is 23.7. The SMILES string of the molecule is CC(C)n1c(C2CCOCC2)nc2c([C@@H](C)Nc3ccccc3C(=O)O)cc(Cl)cc2c1=O. The molecule has 174 valence electrons. The van der Waals surface area contributed by atoms with Gasteiger partial charge in [-0.05, 0) is 57.9 Å². The largest absolute Gasteiger partial charge is 0.478 e. The Morgan fingerprint density at radius 2 is 1.91 bits per heavy atom. The molecule has 7 nitrogen and oxygen atoms in total. The summed E-state index contributed by atoms with van der Waals surface area (Å²) in [6, 6.07) is 9.81. The molecule has 2 aromatic carbocycles. The molecule has 2 heterocycles. The van der Waals surface area contributed by atoms with Crippen molar-refractivity contribution in [1.82, 2.24) is 9.55 Å². The summed E-state index contributed by atoms with van der Waals surface area (Å²) < 4.78 is 7.30. The lowest BCUT2D eigenvalue weighted by molar-refractivity contribution is 0.0698. The van der Waals surface area contributed by atoms with Gasteiger partial charge >= 0.3 is 5.97 Å². The zero-order valence-electron chi connectivity index (χ0n) is 19.0. The van der Waals surface area contributed by atoms with Gasteiger partial charge in [-0.3, -0.25) is 9.36 Å². The van der Waals surface area contributed by atoms with Gasteiger partial charge in [-0.2, -0.15) is 0 Å². The van der Waals surface area contributed by atoms with Gasteiger partial charge in [0.1, 0.15) is 5.82 Å². The number of ether oxygens (including phenoxy) is 1. The van der Waals surface area contributed by atoms with E-state index in [0.717, 1.165) is 24.2 Å². The third-order valence-corrected chi connectivity index (χ3v) is 6.34. The number of nitrogens with one attached hydrogen (secondary N) is 1. The maximum atomic E-state index is 13.6. The molecule has 0 saturated carbocycles. The van der Waals surface area contributed by atoms with E-state index < -0.39 is 5.97 Å². The van der Waals surface area contributed by atoms with Gasteiger partial charge in [0.2, 0.25) is 0 Å². The molecule has 0 bridgehead atoms. The van der Waals surface area contributed by atoms with Crippen molar-refractivity contribution in [3.05, 3.63) is 68.7 Å². The molecule has 3 aromatic rings. The molecule has 0 unspecified atom stereocenters. The lowest BCUT2D eigenvalue weighted by atomic mass is 9.97. The van der Waals surface area contributed by atoms with E-state index >= 15 is 0 Å². The van der Waals surface area contributed by atoms with Crippen LogP contribution < -0.4 is 10.9 Å². The smallest absolute Gasteiger partial charge is 0.337 e. The van der Waals surface area contributed by atoms with E-state index in [1.54, 1.807) is 41.0 Å². The van der Waals surface area contributed by atoms with Crippen molar-refractivity contribution >= 4 is 34.2 Å². The highest BCUT2D eigenvalue weighted by Crippen LogP contribution is 2.32. The minimum Gasteiger partial charge on any atom is -0.478 e. The molecule has 1 fully saturated rings. The topological polar surface area (TPSA) is 93.4 Å². The number of carboxylic acids is 1. The Kier molecular flexibility index (Phi) is 6.72. The molecule has 0 radical (unpaired) electrons. The van der Waals surface area contributed by atoms with E-state index in [2.05, 4.69) is 5.32 Å². The second kappa shape index (κ2) is 9.53. The van der Waals surface area contributed by atoms with E-state index in [1.165, 1.54) is 0 Å². The van der Waals surface area contributed by atoms with Gasteiger partial charge in [-0.1, -0.05) is 23.7 Å². The third kappa shape index (κ3) is 4.61. The number of nitrogens with zero attached hydrogens (tertiary/aromatic N) is 2. The summed E-state index contributed by atoms with van der Waals surface area (Å²) in [5.74, 6) is -0.105. The Morgan fingerprint density at radius 1 is 1.21 bits per heavy atom. The average Bonchev–Trinajstić information content (AvgIpc) is 2.79. The number of rotatable bonds is 6. The van der Waals surface area contributed by atoms with Crippen LogP contribution in [0.15, 0.2) is 41.2 Å². The van der Waals surface area contributed by atoms with E-state index in [-0.39, 0.29) is 29.1 Å². The minimum atomic E-state index is -1.01. The number of aromatic carboxylic acids is 1. The fourth-order valence-electron chi connectivity index (χ4n) is 4.49.